The van der Waals surface area contributed by atoms with Crippen LogP contribution in [0.15, 0.2) is 28.1 Å². The summed E-state index contributed by atoms with van der Waals surface area (Å²) in [4.78, 5) is 17.8. The number of aliphatic hydroxyl groups is 1. The molecule has 1 unspecified atom stereocenters. The predicted octanol–water partition coefficient (Wildman–Crippen LogP) is 4.42. The highest BCUT2D eigenvalue weighted by molar-refractivity contribution is 8.01. The smallest absolute Gasteiger partial charge is 0.168 e. The van der Waals surface area contributed by atoms with Crippen LogP contribution < -0.4 is 0 Å². The first-order valence-electron chi connectivity index (χ1n) is 8.39. The van der Waals surface area contributed by atoms with Gasteiger partial charge in [-0.1, -0.05) is 30.1 Å². The first-order chi connectivity index (χ1) is 10.9. The van der Waals surface area contributed by atoms with Crippen molar-refractivity contribution in [3.63, 3.8) is 0 Å². The second kappa shape index (κ2) is 7.56. The second-order valence-electron chi connectivity index (χ2n) is 6.54. The molecule has 5 heteroatoms. The van der Waals surface area contributed by atoms with E-state index in [1.54, 1.807) is 0 Å². The summed E-state index contributed by atoms with van der Waals surface area (Å²) in [6.07, 6.45) is 4.69. The Morgan fingerprint density at radius 2 is 2.17 bits per heavy atom. The fraction of sp³-hybridized carbons (Fsp3) is 0.667. The Morgan fingerprint density at radius 1 is 1.43 bits per heavy atom. The number of rotatable bonds is 6. The monoisotopic (exact) mass is 337 g/mol. The molecule has 23 heavy (non-hydrogen) atoms. The van der Waals surface area contributed by atoms with Gasteiger partial charge < -0.3 is 9.94 Å². The van der Waals surface area contributed by atoms with Crippen molar-refractivity contribution >= 4 is 23.3 Å². The molecule has 0 saturated carbocycles. The highest BCUT2D eigenvalue weighted by atomic mass is 32.2. The lowest BCUT2D eigenvalue weighted by Gasteiger charge is -2.31. The standard InChI is InChI=1S/C18H27NO3S/c1-5-7-14(19-22-6-2)17-15(20)10-12(11-16(17)21)13-8-9-23-18(13,3)4/h8,12,20H,5-7,9-11H2,1-4H3. The molecule has 128 valence electrons. The molecule has 0 aromatic rings. The number of ketones is 1. The maximum Gasteiger partial charge on any atom is 0.168 e. The fourth-order valence-electron chi connectivity index (χ4n) is 3.36. The molecule has 4 nitrogen and oxygen atoms in total. The van der Waals surface area contributed by atoms with E-state index in [2.05, 4.69) is 25.1 Å². The Labute approximate surface area is 143 Å². The van der Waals surface area contributed by atoms with Crippen molar-refractivity contribution in [3.8, 4) is 0 Å². The number of hydrogen-bond acceptors (Lipinski definition) is 5. The third-order valence-corrected chi connectivity index (χ3v) is 5.69. The summed E-state index contributed by atoms with van der Waals surface area (Å²) in [5.41, 5.74) is 2.27. The van der Waals surface area contributed by atoms with E-state index in [-0.39, 0.29) is 22.2 Å². The van der Waals surface area contributed by atoms with Gasteiger partial charge in [0, 0.05) is 23.3 Å². The van der Waals surface area contributed by atoms with Crippen molar-refractivity contribution in [1.82, 2.24) is 0 Å². The third kappa shape index (κ3) is 4.00. The molecule has 2 rings (SSSR count). The van der Waals surface area contributed by atoms with Crippen molar-refractivity contribution in [2.45, 2.75) is 58.1 Å². The Morgan fingerprint density at radius 3 is 2.70 bits per heavy atom. The van der Waals surface area contributed by atoms with E-state index in [0.717, 1.165) is 12.2 Å². The minimum atomic E-state index is -0.0146. The van der Waals surface area contributed by atoms with Gasteiger partial charge in [-0.2, -0.15) is 0 Å². The molecule has 1 N–H and O–H groups in total. The number of nitrogens with zero attached hydrogens (tertiary/aromatic N) is 1. The van der Waals surface area contributed by atoms with E-state index >= 15 is 0 Å². The highest BCUT2D eigenvalue weighted by Gasteiger charge is 2.38. The van der Waals surface area contributed by atoms with E-state index in [0.29, 0.717) is 37.2 Å². The van der Waals surface area contributed by atoms with Crippen LogP contribution in [0.25, 0.3) is 0 Å². The van der Waals surface area contributed by atoms with Crippen LogP contribution in [0.3, 0.4) is 0 Å². The Kier molecular flexibility index (Phi) is 5.95. The third-order valence-electron chi connectivity index (χ3n) is 4.40. The Hall–Kier alpha value is -1.23. The fourth-order valence-corrected chi connectivity index (χ4v) is 4.46. The molecule has 0 spiro atoms. The first-order valence-corrected chi connectivity index (χ1v) is 9.38. The van der Waals surface area contributed by atoms with Crippen LogP contribution in [0.4, 0.5) is 0 Å². The van der Waals surface area contributed by atoms with Gasteiger partial charge in [0.2, 0.25) is 0 Å². The van der Waals surface area contributed by atoms with Crippen LogP contribution in [0.2, 0.25) is 0 Å². The molecule has 0 saturated heterocycles. The van der Waals surface area contributed by atoms with Crippen molar-refractivity contribution in [1.29, 1.82) is 0 Å². The number of allylic oxidation sites excluding steroid dienone is 2. The van der Waals surface area contributed by atoms with Gasteiger partial charge >= 0.3 is 0 Å². The molecule has 1 heterocycles. The summed E-state index contributed by atoms with van der Waals surface area (Å²) < 4.78 is 0.0500. The zero-order chi connectivity index (χ0) is 17.0. The first kappa shape index (κ1) is 18.1. The minimum absolute atomic E-state index is 0.0146. The summed E-state index contributed by atoms with van der Waals surface area (Å²) in [5, 5.41) is 14.6. The van der Waals surface area contributed by atoms with Crippen molar-refractivity contribution < 1.29 is 14.7 Å². The van der Waals surface area contributed by atoms with Crippen LogP contribution in [0.5, 0.6) is 0 Å². The van der Waals surface area contributed by atoms with Gasteiger partial charge in [-0.25, -0.2) is 0 Å². The number of hydrogen-bond donors (Lipinski definition) is 1. The molecule has 1 aliphatic carbocycles. The number of carbonyl (C=O) groups is 1. The van der Waals surface area contributed by atoms with E-state index in [9.17, 15) is 9.90 Å². The molecule has 0 bridgehead atoms. The second-order valence-corrected chi connectivity index (χ2v) is 8.18. The normalized spacial score (nSPS) is 24.9. The average molecular weight is 337 g/mol. The van der Waals surface area contributed by atoms with Crippen molar-refractivity contribution in [3.05, 3.63) is 23.0 Å². The van der Waals surface area contributed by atoms with E-state index in [1.165, 1.54) is 5.57 Å². The van der Waals surface area contributed by atoms with Gasteiger partial charge in [0.25, 0.3) is 0 Å². The summed E-state index contributed by atoms with van der Waals surface area (Å²) in [5.74, 6) is 1.24. The largest absolute Gasteiger partial charge is 0.511 e. The maximum absolute atomic E-state index is 12.7. The zero-order valence-corrected chi connectivity index (χ0v) is 15.3. The van der Waals surface area contributed by atoms with E-state index in [1.807, 2.05) is 25.6 Å². The van der Waals surface area contributed by atoms with Gasteiger partial charge in [0.15, 0.2) is 5.78 Å². The summed E-state index contributed by atoms with van der Waals surface area (Å²) in [6, 6.07) is 0. The van der Waals surface area contributed by atoms with Crippen LogP contribution in [0.1, 0.15) is 53.4 Å². The number of Topliss-reactive ketones (excluding diaryl/α,β-unsaturated/α-hetero) is 1. The van der Waals surface area contributed by atoms with Crippen molar-refractivity contribution in [2.24, 2.45) is 11.1 Å². The summed E-state index contributed by atoms with van der Waals surface area (Å²) >= 11 is 1.88. The number of carbonyl (C=O) groups excluding carboxylic acids is 1. The maximum atomic E-state index is 12.7. The Balaban J connectivity index is 2.26. The molecule has 1 atom stereocenters. The SMILES string of the molecule is CCCC(=NOCC)C1=C(O)CC(C2=CCSC2(C)C)CC1=O. The number of thioether (sulfide) groups is 1. The van der Waals surface area contributed by atoms with Crippen LogP contribution in [-0.4, -0.2) is 33.7 Å². The van der Waals surface area contributed by atoms with Crippen LogP contribution in [0, 0.1) is 5.92 Å². The molecule has 0 aromatic heterocycles. The van der Waals surface area contributed by atoms with E-state index in [4.69, 9.17) is 4.84 Å². The topological polar surface area (TPSA) is 58.9 Å². The lowest BCUT2D eigenvalue weighted by Crippen LogP contribution is -2.30. The zero-order valence-electron chi connectivity index (χ0n) is 14.5. The van der Waals surface area contributed by atoms with Gasteiger partial charge in [-0.05, 0) is 33.1 Å². The van der Waals surface area contributed by atoms with Gasteiger partial charge in [0.05, 0.1) is 11.3 Å². The number of oxime groups is 1. The lowest BCUT2D eigenvalue weighted by molar-refractivity contribution is -0.116. The molecule has 1 aliphatic heterocycles. The quantitative estimate of drug-likeness (QED) is 0.443. The highest BCUT2D eigenvalue weighted by Crippen LogP contribution is 2.46. The predicted molar refractivity (Wildman–Crippen MR) is 96.0 cm³/mol. The minimum Gasteiger partial charge on any atom is -0.511 e. The van der Waals surface area contributed by atoms with Gasteiger partial charge in [-0.3, -0.25) is 4.79 Å². The van der Waals surface area contributed by atoms with Crippen LogP contribution >= 0.6 is 11.8 Å². The molecule has 0 fully saturated rings. The molecule has 0 aromatic carbocycles. The molecular weight excluding hydrogens is 310 g/mol. The molecule has 0 radical (unpaired) electrons. The summed E-state index contributed by atoms with van der Waals surface area (Å²) in [6.45, 7) is 8.72. The molecule has 2 aliphatic rings. The Bertz CT molecular complexity index is 561. The average Bonchev–Trinajstić information content (AvgIpc) is 2.83. The van der Waals surface area contributed by atoms with E-state index < -0.39 is 0 Å². The van der Waals surface area contributed by atoms with Crippen LogP contribution in [-0.2, 0) is 9.63 Å². The molecular formula is C18H27NO3S. The van der Waals surface area contributed by atoms with Gasteiger partial charge in [-0.15, -0.1) is 11.8 Å². The van der Waals surface area contributed by atoms with Gasteiger partial charge in [0.1, 0.15) is 12.4 Å². The van der Waals surface area contributed by atoms with Crippen molar-refractivity contribution in [2.75, 3.05) is 12.4 Å². The molecule has 0 amide bonds. The lowest BCUT2D eigenvalue weighted by atomic mass is 9.77. The summed E-state index contributed by atoms with van der Waals surface area (Å²) in [7, 11) is 0. The number of aliphatic hydroxyl groups excluding tert-OH is 1.